The van der Waals surface area contributed by atoms with Crippen LogP contribution in [-0.2, 0) is 194 Å². The maximum absolute atomic E-state index is 14.4. The Morgan fingerprint density at radius 1 is 0.394 bits per heavy atom. The van der Waals surface area contributed by atoms with Crippen molar-refractivity contribution in [3.63, 3.8) is 0 Å². The van der Waals surface area contributed by atoms with E-state index in [2.05, 4.69) is 79.0 Å². The average molecular weight is 1870 g/mol. The van der Waals surface area contributed by atoms with E-state index in [-0.39, 0.29) is 0 Å². The van der Waals surface area contributed by atoms with E-state index in [1.165, 1.54) is 0 Å². The molecule has 2 heterocycles. The molecule has 1 aromatic carbocycles. The zero-order valence-electron chi connectivity index (χ0n) is 49.4. The van der Waals surface area contributed by atoms with E-state index >= 15 is 0 Å². The van der Waals surface area contributed by atoms with Crippen LogP contribution in [0.5, 0.6) is 5.75 Å². The first-order valence-electron chi connectivity index (χ1n) is 23.9. The molecule has 0 amide bonds. The fraction of sp³-hybridized carbons (Fsp3) is 0.727. The predicted molar refractivity (Wildman–Crippen MR) is 306 cm³/mol. The van der Waals surface area contributed by atoms with E-state index in [1.54, 1.807) is 0 Å². The molecule has 2 aliphatic heterocycles. The Morgan fingerprint density at radius 2 is 0.731 bits per heavy atom. The molecule has 0 saturated carbocycles. The summed E-state index contributed by atoms with van der Waals surface area (Å²) in [7, 11) is -118. The molecular formula is C22H50N2O63S10Si7. The van der Waals surface area contributed by atoms with Gasteiger partial charge in [0, 0.05) is 45.5 Å². The zero-order valence-corrected chi connectivity index (χ0v) is 64.5. The van der Waals surface area contributed by atoms with Crippen LogP contribution in [-0.4, -0.2) is 353 Å². The summed E-state index contributed by atoms with van der Waals surface area (Å²) in [5, 5.41) is 10.9. The molecule has 2 unspecified atom stereocenters. The summed E-state index contributed by atoms with van der Waals surface area (Å²) in [6.45, 7) is -4.66. The summed E-state index contributed by atoms with van der Waals surface area (Å²) in [4.78, 5) is 145. The van der Waals surface area contributed by atoms with Gasteiger partial charge >= 0.3 is 167 Å². The first-order valence-corrected chi connectivity index (χ1v) is 49.5. The highest BCUT2D eigenvalue weighted by Crippen LogP contribution is 2.51. The van der Waals surface area contributed by atoms with Gasteiger partial charge < -0.3 is 116 Å². The molecule has 2 saturated heterocycles. The van der Waals surface area contributed by atoms with Gasteiger partial charge in [-0.3, -0.25) is 36.4 Å². The smallest absolute Gasteiger partial charge is 0.506 e. The molecule has 104 heavy (non-hydrogen) atoms. The second-order valence-electron chi connectivity index (χ2n) is 18.9. The van der Waals surface area contributed by atoms with Crippen molar-refractivity contribution in [2.45, 2.75) is 60.9 Å². The summed E-state index contributed by atoms with van der Waals surface area (Å²) >= 11 is 0. The average Bonchev–Trinajstić information content (AvgIpc) is 0.714. The van der Waals surface area contributed by atoms with Crippen molar-refractivity contribution < 1.29 is 277 Å². The predicted octanol–water partition coefficient (Wildman–Crippen LogP) is -17.8. The number of ether oxygens (including phenoxy) is 2. The van der Waals surface area contributed by atoms with Crippen LogP contribution in [0.1, 0.15) is 5.56 Å². The number of aromatic hydroxyl groups is 1. The van der Waals surface area contributed by atoms with Crippen molar-refractivity contribution in [3.05, 3.63) is 17.7 Å². The molecule has 0 radical (unpaired) electrons. The van der Waals surface area contributed by atoms with Crippen molar-refractivity contribution in [2.24, 2.45) is 0 Å². The van der Waals surface area contributed by atoms with Gasteiger partial charge in [-0.05, 0) is 6.07 Å². The second kappa shape index (κ2) is 33.0. The van der Waals surface area contributed by atoms with Crippen molar-refractivity contribution in [1.82, 2.24) is 0 Å². The van der Waals surface area contributed by atoms with Crippen molar-refractivity contribution in [3.8, 4) is 5.75 Å². The van der Waals surface area contributed by atoms with Crippen molar-refractivity contribution in [2.75, 3.05) is 51.2 Å². The van der Waals surface area contributed by atoms with Crippen LogP contribution < -0.4 is 9.80 Å². The molecule has 23 N–H and O–H groups in total. The molecule has 1 aromatic rings. The fourth-order valence-corrected chi connectivity index (χ4v) is 27.3. The van der Waals surface area contributed by atoms with E-state index in [9.17, 15) is 188 Å². The zero-order chi connectivity index (χ0) is 81.6. The monoisotopic (exact) mass is 1870 g/mol. The number of anilines is 2. The fourth-order valence-electron chi connectivity index (χ4n) is 7.65. The maximum Gasteiger partial charge on any atom is 0.682 e. The van der Waals surface area contributed by atoms with Gasteiger partial charge in [-0.2, -0.15) is 84.2 Å². The van der Waals surface area contributed by atoms with Gasteiger partial charge in [0.15, 0.2) is 12.2 Å². The largest absolute Gasteiger partial charge is 0.682 e. The van der Waals surface area contributed by atoms with Gasteiger partial charge in [-0.1, -0.05) is 0 Å². The van der Waals surface area contributed by atoms with E-state index in [0.717, 1.165) is 33.1 Å². The molecule has 0 aromatic heterocycles. The Morgan fingerprint density at radius 3 is 1.07 bits per heavy atom. The number of nitrogens with zero attached hydrogens (tertiary/aromatic N) is 2. The van der Waals surface area contributed by atoms with Crippen LogP contribution in [0.15, 0.2) is 12.1 Å². The SMILES string of the molecule is CN(C)c1cc([C@@]2(OS(=O)(=O)O)O[C@@H](COS(=O)(=O)O)[C@H](OS(=O)(=O)O)[C@H](OS(=O)(=O)O[Si](O)(O[Si](O)(O)O[Si](O)(O)O)O[Si](O)(O)O[Si](O)(O[Si](O)(O)O[Si](O)(O)O)OS(=O)(=O)O[C@@H]3[C@H](OS(=O)(=O)O)[C@H](OS(=O)(=O)O)O[C@@H](COS(=O)(=O)O)[C@@H]3OS(=O)(=O)O)[C@@H]2OS(=O)(=O)O)c(N(C)C)cc1O. The number of phenols is 1. The van der Waals surface area contributed by atoms with Gasteiger partial charge in [0.05, 0.1) is 18.9 Å². The first kappa shape index (κ1) is 96.2. The molecule has 65 nitrogen and oxygen atoms in total. The lowest BCUT2D eigenvalue weighted by atomic mass is 9.86. The molecular weight excluding hydrogens is 1820 g/mol. The third-order valence-corrected chi connectivity index (χ3v) is 30.8. The molecule has 0 aliphatic carbocycles. The summed E-state index contributed by atoms with van der Waals surface area (Å²) in [6, 6.07) is 0.766. The van der Waals surface area contributed by atoms with Gasteiger partial charge in [0.2, 0.25) is 12.1 Å². The molecule has 3 rings (SSSR count). The van der Waals surface area contributed by atoms with Crippen LogP contribution in [0.4, 0.5) is 11.4 Å². The number of hydrogen-bond donors (Lipinski definition) is 23. The van der Waals surface area contributed by atoms with Crippen LogP contribution in [0.3, 0.4) is 0 Å². The third kappa shape index (κ3) is 33.1. The van der Waals surface area contributed by atoms with Crippen LogP contribution >= 0.6 is 0 Å². The summed E-state index contributed by atoms with van der Waals surface area (Å²) in [5.74, 6) is -5.65. The van der Waals surface area contributed by atoms with E-state index < -0.39 is 264 Å². The standard InChI is InChI=1S/C22H50N2O63S10Si7/c1-23(2)10-6-12(25)11(24(3)4)5-9(10)22(79-95(47,48)49)20(77-93(41,42)43)18(16(73-91(35,36)37)14(71-22)8-69-89(29,30)31)76-97(52,53)81-104(67,85-101(62,63)83-99(57,58)59)87-102(64,65)86-103(66,84-100(60,61)82-98(54,55)56)80-96(50,51)75-17-15(72-90(32,33)34)13(7-68-88(26,27)28)70-21(78-94(44,45)46)19(17)74-92(38,39)40/h5-6,13-21,25,54-67H,7-8H2,1-4H3,(H,26,27,28)(H,29,30,31)(H,32,33,34)(H,35,36,37)(H,38,39,40)(H,41,42,43)(H,44,45,46)(H,47,48,49)/t13-,14-,15-,16-,17-,18-,19-,20-,21-,22-,103?,104?/m0/s1. The Hall–Kier alpha value is -2.04. The van der Waals surface area contributed by atoms with Gasteiger partial charge in [0.1, 0.15) is 42.4 Å². The second-order valence-corrected chi connectivity index (χ2v) is 43.3. The Kier molecular flexibility index (Phi) is 30.5. The molecule has 0 spiro atoms. The maximum atomic E-state index is 14.4. The van der Waals surface area contributed by atoms with E-state index in [1.807, 2.05) is 0 Å². The quantitative estimate of drug-likeness (QED) is 0.0214. The highest BCUT2D eigenvalue weighted by atomic mass is 32.3. The van der Waals surface area contributed by atoms with Gasteiger partial charge in [-0.25, -0.2) is 49.6 Å². The number of benzene rings is 1. The van der Waals surface area contributed by atoms with E-state index in [4.69, 9.17) is 9.29 Å². The van der Waals surface area contributed by atoms with Crippen molar-refractivity contribution in [1.29, 1.82) is 0 Å². The highest BCUT2D eigenvalue weighted by molar-refractivity contribution is 7.84. The van der Waals surface area contributed by atoms with Gasteiger partial charge in [0.25, 0.3) is 0 Å². The lowest BCUT2D eigenvalue weighted by Gasteiger charge is -2.50. The van der Waals surface area contributed by atoms with Gasteiger partial charge in [-0.15, -0.1) is 0 Å². The highest BCUT2D eigenvalue weighted by Gasteiger charge is 2.72. The molecule has 0 bridgehead atoms. The summed E-state index contributed by atoms with van der Waals surface area (Å²) in [5.41, 5.74) is -3.24. The lowest BCUT2D eigenvalue weighted by molar-refractivity contribution is -0.332. The molecule has 2 fully saturated rings. The minimum Gasteiger partial charge on any atom is -0.506 e. The number of phenolic OH excluding ortho intramolecular Hbond substituents is 1. The molecule has 2 aliphatic rings. The molecule has 12 atom stereocenters. The Bertz CT molecular complexity index is 4420. The van der Waals surface area contributed by atoms with Crippen LogP contribution in [0.2, 0.25) is 0 Å². The van der Waals surface area contributed by atoms with Crippen LogP contribution in [0, 0.1) is 0 Å². The topological polar surface area (TPSA) is 998 Å². The Balaban J connectivity index is 2.61. The Labute approximate surface area is 587 Å². The minimum atomic E-state index is -8.58. The number of hydrogen-bond acceptors (Lipinski definition) is 57. The normalized spacial score (nSPS) is 25.1. The van der Waals surface area contributed by atoms with E-state index in [0.29, 0.717) is 17.0 Å². The minimum absolute atomic E-state index is 0.314. The third-order valence-electron chi connectivity index (χ3n) is 10.3. The summed E-state index contributed by atoms with van der Waals surface area (Å²) in [6.07, 6.45) is -34.8. The lowest BCUT2D eigenvalue weighted by Crippen LogP contribution is -2.71. The summed E-state index contributed by atoms with van der Waals surface area (Å²) < 4.78 is 411. The van der Waals surface area contributed by atoms with Crippen molar-refractivity contribution >= 4 is 179 Å². The molecule has 82 heteroatoms. The number of rotatable bonds is 41. The molecule has 614 valence electrons. The first-order chi connectivity index (χ1) is 45.6. The van der Waals surface area contributed by atoms with Crippen LogP contribution in [0.25, 0.3) is 0 Å².